The van der Waals surface area contributed by atoms with Crippen molar-refractivity contribution in [2.75, 3.05) is 13.1 Å². The van der Waals surface area contributed by atoms with Gasteiger partial charge in [-0.05, 0) is 44.7 Å². The molecule has 3 heterocycles. The standard InChI is InChI=1S/C21H24FN3O3/c1-14(26)25-12-5-9-19-21(25,2)10-6-11-24(19)20(27)18-13-17(23-28-18)15-7-3-4-8-16(15)22/h3-4,7-8,13,19H,5-6,9-12H2,1-2H3/t19-,21+/m1/s1. The van der Waals surface area contributed by atoms with Gasteiger partial charge in [-0.25, -0.2) is 4.39 Å². The normalized spacial score (nSPS) is 24.8. The first-order chi connectivity index (χ1) is 13.4. The molecular weight excluding hydrogens is 361 g/mol. The highest BCUT2D eigenvalue weighted by molar-refractivity contribution is 5.93. The van der Waals surface area contributed by atoms with Crippen LogP contribution in [0.1, 0.15) is 50.1 Å². The van der Waals surface area contributed by atoms with E-state index in [9.17, 15) is 14.0 Å². The fraction of sp³-hybridized carbons (Fsp3) is 0.476. The van der Waals surface area contributed by atoms with Gasteiger partial charge in [0.25, 0.3) is 5.91 Å². The van der Waals surface area contributed by atoms with E-state index >= 15 is 0 Å². The maximum Gasteiger partial charge on any atom is 0.292 e. The quantitative estimate of drug-likeness (QED) is 0.794. The molecule has 4 rings (SSSR count). The van der Waals surface area contributed by atoms with Crippen molar-refractivity contribution in [1.29, 1.82) is 0 Å². The van der Waals surface area contributed by atoms with Crippen LogP contribution in [-0.4, -0.2) is 51.4 Å². The topological polar surface area (TPSA) is 66.7 Å². The van der Waals surface area contributed by atoms with Crippen LogP contribution < -0.4 is 0 Å². The van der Waals surface area contributed by atoms with E-state index in [-0.39, 0.29) is 29.2 Å². The van der Waals surface area contributed by atoms with Crippen molar-refractivity contribution in [3.8, 4) is 11.3 Å². The number of piperidine rings is 2. The van der Waals surface area contributed by atoms with Crippen molar-refractivity contribution in [1.82, 2.24) is 15.0 Å². The van der Waals surface area contributed by atoms with Gasteiger partial charge in [-0.3, -0.25) is 9.59 Å². The molecule has 2 aliphatic heterocycles. The number of nitrogens with zero attached hydrogens (tertiary/aromatic N) is 3. The van der Waals surface area contributed by atoms with E-state index in [0.717, 1.165) is 32.2 Å². The molecule has 148 valence electrons. The summed E-state index contributed by atoms with van der Waals surface area (Å²) in [5.41, 5.74) is 0.233. The molecule has 7 heteroatoms. The van der Waals surface area contributed by atoms with Crippen LogP contribution in [-0.2, 0) is 4.79 Å². The Hall–Kier alpha value is -2.70. The summed E-state index contributed by atoms with van der Waals surface area (Å²) in [6.45, 7) is 5.00. The molecule has 0 bridgehead atoms. The van der Waals surface area contributed by atoms with Crippen molar-refractivity contribution >= 4 is 11.8 Å². The summed E-state index contributed by atoms with van der Waals surface area (Å²) < 4.78 is 19.3. The van der Waals surface area contributed by atoms with E-state index < -0.39 is 5.82 Å². The van der Waals surface area contributed by atoms with Crippen molar-refractivity contribution in [3.05, 3.63) is 41.9 Å². The van der Waals surface area contributed by atoms with E-state index in [2.05, 4.69) is 12.1 Å². The summed E-state index contributed by atoms with van der Waals surface area (Å²) in [7, 11) is 0. The molecule has 6 nitrogen and oxygen atoms in total. The second-order valence-electron chi connectivity index (χ2n) is 7.84. The maximum absolute atomic E-state index is 14.0. The fourth-order valence-electron chi connectivity index (χ4n) is 4.82. The number of hydrogen-bond donors (Lipinski definition) is 0. The second kappa shape index (κ2) is 7.04. The number of rotatable bonds is 2. The van der Waals surface area contributed by atoms with Gasteiger partial charge in [0.1, 0.15) is 11.5 Å². The van der Waals surface area contributed by atoms with E-state index in [1.807, 2.05) is 9.80 Å². The number of carbonyl (C=O) groups excluding carboxylic acids is 2. The third-order valence-electron chi connectivity index (χ3n) is 6.16. The number of likely N-dealkylation sites (tertiary alicyclic amines) is 2. The van der Waals surface area contributed by atoms with Crippen LogP contribution >= 0.6 is 0 Å². The minimum atomic E-state index is -0.412. The lowest BCUT2D eigenvalue weighted by molar-refractivity contribution is -0.143. The first-order valence-electron chi connectivity index (χ1n) is 9.72. The molecular formula is C21H24FN3O3. The summed E-state index contributed by atoms with van der Waals surface area (Å²) in [5.74, 6) is -0.522. The van der Waals surface area contributed by atoms with Gasteiger partial charge in [-0.15, -0.1) is 0 Å². The zero-order chi connectivity index (χ0) is 19.9. The van der Waals surface area contributed by atoms with Crippen molar-refractivity contribution < 1.29 is 18.5 Å². The highest BCUT2D eigenvalue weighted by atomic mass is 19.1. The number of halogens is 1. The average Bonchev–Trinajstić information content (AvgIpc) is 3.16. The zero-order valence-electron chi connectivity index (χ0n) is 16.2. The molecule has 2 fully saturated rings. The van der Waals surface area contributed by atoms with Gasteiger partial charge < -0.3 is 14.3 Å². The van der Waals surface area contributed by atoms with Gasteiger partial charge in [0.05, 0.1) is 11.6 Å². The first kappa shape index (κ1) is 18.7. The Morgan fingerprint density at radius 2 is 2.04 bits per heavy atom. The summed E-state index contributed by atoms with van der Waals surface area (Å²) in [6.07, 6.45) is 3.40. The molecule has 28 heavy (non-hydrogen) atoms. The molecule has 0 spiro atoms. The third kappa shape index (κ3) is 2.99. The maximum atomic E-state index is 14.0. The molecule has 2 saturated heterocycles. The molecule has 0 unspecified atom stereocenters. The fourth-order valence-corrected chi connectivity index (χ4v) is 4.82. The van der Waals surface area contributed by atoms with Crippen LogP contribution in [0.15, 0.2) is 34.9 Å². The highest BCUT2D eigenvalue weighted by Gasteiger charge is 2.50. The summed E-state index contributed by atoms with van der Waals surface area (Å²) in [6, 6.07) is 7.70. The van der Waals surface area contributed by atoms with Crippen LogP contribution in [0.5, 0.6) is 0 Å². The smallest absolute Gasteiger partial charge is 0.292 e. The Balaban J connectivity index is 1.62. The molecule has 0 saturated carbocycles. The summed E-state index contributed by atoms with van der Waals surface area (Å²) in [4.78, 5) is 29.1. The molecule has 1 aromatic carbocycles. The van der Waals surface area contributed by atoms with Crippen LogP contribution in [0, 0.1) is 5.82 Å². The Morgan fingerprint density at radius 3 is 2.79 bits per heavy atom. The number of hydrogen-bond acceptors (Lipinski definition) is 4. The first-order valence-corrected chi connectivity index (χ1v) is 9.72. The average molecular weight is 385 g/mol. The molecule has 2 aromatic rings. The summed E-state index contributed by atoms with van der Waals surface area (Å²) >= 11 is 0. The lowest BCUT2D eigenvalue weighted by Crippen LogP contribution is -2.67. The van der Waals surface area contributed by atoms with Gasteiger partial charge in [0.15, 0.2) is 0 Å². The van der Waals surface area contributed by atoms with Gasteiger partial charge in [-0.2, -0.15) is 0 Å². The van der Waals surface area contributed by atoms with E-state index in [1.165, 1.54) is 12.1 Å². The molecule has 0 aliphatic carbocycles. The monoisotopic (exact) mass is 385 g/mol. The number of carbonyl (C=O) groups is 2. The summed E-state index contributed by atoms with van der Waals surface area (Å²) in [5, 5.41) is 3.90. The third-order valence-corrected chi connectivity index (χ3v) is 6.16. The number of aromatic nitrogens is 1. The Kier molecular flexibility index (Phi) is 4.69. The van der Waals surface area contributed by atoms with Crippen LogP contribution in [0.25, 0.3) is 11.3 Å². The molecule has 2 atom stereocenters. The van der Waals surface area contributed by atoms with Gasteiger partial charge in [0.2, 0.25) is 11.7 Å². The predicted octanol–water partition coefficient (Wildman–Crippen LogP) is 3.49. The highest BCUT2D eigenvalue weighted by Crippen LogP contribution is 2.40. The van der Waals surface area contributed by atoms with Gasteiger partial charge in [0, 0.05) is 31.6 Å². The lowest BCUT2D eigenvalue weighted by atomic mass is 9.76. The molecule has 0 N–H and O–H groups in total. The minimum Gasteiger partial charge on any atom is -0.350 e. The van der Waals surface area contributed by atoms with Crippen molar-refractivity contribution in [2.45, 2.75) is 51.1 Å². The van der Waals surface area contributed by atoms with E-state index in [0.29, 0.717) is 17.8 Å². The predicted molar refractivity (Wildman–Crippen MR) is 101 cm³/mol. The number of fused-ring (bicyclic) bond motifs is 1. The zero-order valence-corrected chi connectivity index (χ0v) is 16.2. The van der Waals surface area contributed by atoms with Crippen molar-refractivity contribution in [2.24, 2.45) is 0 Å². The Bertz CT molecular complexity index is 912. The minimum absolute atomic E-state index is 0.0444. The molecule has 2 aliphatic rings. The number of benzene rings is 1. The largest absolute Gasteiger partial charge is 0.350 e. The van der Waals surface area contributed by atoms with E-state index in [1.54, 1.807) is 25.1 Å². The number of amides is 2. The van der Waals surface area contributed by atoms with Crippen molar-refractivity contribution in [3.63, 3.8) is 0 Å². The van der Waals surface area contributed by atoms with Crippen LogP contribution in [0.4, 0.5) is 4.39 Å². The SMILES string of the molecule is CC(=O)N1CCC[C@H]2N(C(=O)c3cc(-c4ccccc4F)no3)CCC[C@@]21C. The van der Waals surface area contributed by atoms with Crippen LogP contribution in [0.2, 0.25) is 0 Å². The molecule has 2 amide bonds. The van der Waals surface area contributed by atoms with Crippen LogP contribution in [0.3, 0.4) is 0 Å². The molecule has 1 aromatic heterocycles. The Labute approximate surface area is 163 Å². The second-order valence-corrected chi connectivity index (χ2v) is 7.84. The van der Waals surface area contributed by atoms with Gasteiger partial charge in [-0.1, -0.05) is 17.3 Å². The van der Waals surface area contributed by atoms with E-state index in [4.69, 9.17) is 4.52 Å². The molecule has 0 radical (unpaired) electrons. The lowest BCUT2D eigenvalue weighted by Gasteiger charge is -2.56. The Morgan fingerprint density at radius 1 is 1.25 bits per heavy atom. The van der Waals surface area contributed by atoms with Gasteiger partial charge >= 0.3 is 0 Å².